The van der Waals surface area contributed by atoms with E-state index in [9.17, 15) is 9.18 Å². The Morgan fingerprint density at radius 1 is 1.43 bits per heavy atom. The van der Waals surface area contributed by atoms with Gasteiger partial charge in [-0.2, -0.15) is 0 Å². The molecule has 0 atom stereocenters. The molecule has 0 aromatic heterocycles. The molecule has 1 heterocycles. The minimum absolute atomic E-state index is 0.0790. The van der Waals surface area contributed by atoms with E-state index in [0.29, 0.717) is 6.61 Å². The highest BCUT2D eigenvalue weighted by molar-refractivity contribution is 5.81. The average molecular weight is 323 g/mol. The van der Waals surface area contributed by atoms with Gasteiger partial charge in [-0.1, -0.05) is 6.08 Å². The number of nitrogens with one attached hydrogen (secondary N) is 1. The first-order chi connectivity index (χ1) is 11.1. The second-order valence-electron chi connectivity index (χ2n) is 5.10. The zero-order valence-corrected chi connectivity index (χ0v) is 14.1. The van der Waals surface area contributed by atoms with Gasteiger partial charge >= 0.3 is 5.97 Å². The number of likely N-dealkylation sites (N-methyl/N-ethyl adjacent to an activating group) is 1. The Morgan fingerprint density at radius 3 is 2.83 bits per heavy atom. The van der Waals surface area contributed by atoms with E-state index in [4.69, 9.17) is 4.74 Å². The molecule has 0 saturated carbocycles. The van der Waals surface area contributed by atoms with Gasteiger partial charge < -0.3 is 20.7 Å². The van der Waals surface area contributed by atoms with Crippen molar-refractivity contribution in [3.63, 3.8) is 0 Å². The lowest BCUT2D eigenvalue weighted by molar-refractivity contribution is -0.140. The first-order valence-corrected chi connectivity index (χ1v) is 7.75. The predicted molar refractivity (Wildman–Crippen MR) is 91.7 cm³/mol. The molecule has 3 N–H and O–H groups in total. The molecule has 0 aliphatic carbocycles. The number of nitrogens with two attached hydrogens (primary N) is 1. The fourth-order valence-electron chi connectivity index (χ4n) is 2.40. The summed E-state index contributed by atoms with van der Waals surface area (Å²) in [5.74, 6) is -0.594. The quantitative estimate of drug-likeness (QED) is 0.812. The third-order valence-corrected chi connectivity index (χ3v) is 3.40. The molecule has 128 valence electrons. The molecule has 0 radical (unpaired) electrons. The Bertz CT molecular complexity index is 547. The maximum Gasteiger partial charge on any atom is 0.325 e. The number of carbonyl (C=O) groups is 1. The zero-order valence-electron chi connectivity index (χ0n) is 14.1. The summed E-state index contributed by atoms with van der Waals surface area (Å²) in [6.45, 7) is 3.98. The van der Waals surface area contributed by atoms with Crippen molar-refractivity contribution in [2.75, 3.05) is 45.7 Å². The summed E-state index contributed by atoms with van der Waals surface area (Å²) in [5, 5.41) is 3.04. The van der Waals surface area contributed by atoms with Crippen molar-refractivity contribution in [2.45, 2.75) is 13.3 Å². The number of halogens is 1. The van der Waals surface area contributed by atoms with Gasteiger partial charge in [0.1, 0.15) is 12.4 Å². The van der Waals surface area contributed by atoms with Crippen LogP contribution in [0, 0.1) is 5.82 Å². The second kappa shape index (κ2) is 9.97. The van der Waals surface area contributed by atoms with Crippen molar-refractivity contribution in [2.24, 2.45) is 5.73 Å². The number of anilines is 1. The van der Waals surface area contributed by atoms with Crippen molar-refractivity contribution >= 4 is 17.2 Å². The van der Waals surface area contributed by atoms with Gasteiger partial charge in [0.2, 0.25) is 0 Å². The summed E-state index contributed by atoms with van der Waals surface area (Å²) in [7, 11) is 3.54. The van der Waals surface area contributed by atoms with E-state index >= 15 is 0 Å². The molecule has 0 amide bonds. The highest BCUT2D eigenvalue weighted by Gasteiger charge is 2.15. The molecule has 0 unspecified atom stereocenters. The standard InChI is InChI=1S/C16H21FN2O2.CH5N/c1-3-21-16(20)10-18-15-7-6-13(17)9-14(15)12-5-4-8-19(2)11-12;1-2/h5-7,9,18H,3-4,8,10-11H2,1-2H3;2H2,1H3. The number of esters is 1. The van der Waals surface area contributed by atoms with Gasteiger partial charge in [-0.3, -0.25) is 4.79 Å². The van der Waals surface area contributed by atoms with Gasteiger partial charge in [0.15, 0.2) is 0 Å². The highest BCUT2D eigenvalue weighted by Crippen LogP contribution is 2.27. The monoisotopic (exact) mass is 323 g/mol. The molecule has 0 saturated heterocycles. The van der Waals surface area contributed by atoms with E-state index in [0.717, 1.165) is 36.3 Å². The van der Waals surface area contributed by atoms with E-state index in [1.54, 1.807) is 13.0 Å². The van der Waals surface area contributed by atoms with E-state index in [-0.39, 0.29) is 18.3 Å². The minimum atomic E-state index is -0.317. The van der Waals surface area contributed by atoms with E-state index in [2.05, 4.69) is 22.0 Å². The van der Waals surface area contributed by atoms with E-state index in [1.165, 1.54) is 19.2 Å². The molecule has 5 nitrogen and oxygen atoms in total. The fraction of sp³-hybridized carbons (Fsp3) is 0.471. The largest absolute Gasteiger partial charge is 0.465 e. The molecule has 1 aromatic rings. The van der Waals surface area contributed by atoms with Crippen molar-refractivity contribution in [1.29, 1.82) is 0 Å². The molecule has 2 rings (SSSR count). The van der Waals surface area contributed by atoms with Crippen LogP contribution in [0.15, 0.2) is 24.3 Å². The molecule has 1 aromatic carbocycles. The van der Waals surface area contributed by atoms with Crippen molar-refractivity contribution in [3.8, 4) is 0 Å². The van der Waals surface area contributed by atoms with Crippen LogP contribution in [-0.2, 0) is 9.53 Å². The van der Waals surface area contributed by atoms with E-state index < -0.39 is 0 Å². The fourth-order valence-corrected chi connectivity index (χ4v) is 2.40. The smallest absolute Gasteiger partial charge is 0.325 e. The number of nitrogens with zero attached hydrogens (tertiary/aromatic N) is 1. The number of rotatable bonds is 5. The number of ether oxygens (including phenoxy) is 1. The Kier molecular flexibility index (Phi) is 8.29. The van der Waals surface area contributed by atoms with Gasteiger partial charge in [-0.15, -0.1) is 0 Å². The molecule has 23 heavy (non-hydrogen) atoms. The third kappa shape index (κ3) is 6.00. The number of hydrogen-bond acceptors (Lipinski definition) is 5. The van der Waals surface area contributed by atoms with Crippen LogP contribution in [0.25, 0.3) is 5.57 Å². The summed E-state index contributed by atoms with van der Waals surface area (Å²) in [6, 6.07) is 4.57. The maximum absolute atomic E-state index is 13.6. The Labute approximate surface area is 137 Å². The van der Waals surface area contributed by atoms with Gasteiger partial charge in [0, 0.05) is 24.3 Å². The molecule has 0 spiro atoms. The van der Waals surface area contributed by atoms with E-state index in [1.807, 2.05) is 7.05 Å². The van der Waals surface area contributed by atoms with Crippen LogP contribution in [0.4, 0.5) is 10.1 Å². The van der Waals surface area contributed by atoms with Crippen LogP contribution in [0.2, 0.25) is 0 Å². The van der Waals surface area contributed by atoms with Crippen molar-refractivity contribution < 1.29 is 13.9 Å². The van der Waals surface area contributed by atoms with Crippen LogP contribution in [0.3, 0.4) is 0 Å². The Hall–Kier alpha value is -1.92. The first kappa shape index (κ1) is 19.1. The second-order valence-corrected chi connectivity index (χ2v) is 5.10. The van der Waals surface area contributed by atoms with Crippen molar-refractivity contribution in [3.05, 3.63) is 35.7 Å². The third-order valence-electron chi connectivity index (χ3n) is 3.40. The summed E-state index contributed by atoms with van der Waals surface area (Å²) >= 11 is 0. The lowest BCUT2D eigenvalue weighted by atomic mass is 9.99. The highest BCUT2D eigenvalue weighted by atomic mass is 19.1. The summed E-state index contributed by atoms with van der Waals surface area (Å²) in [6.07, 6.45) is 3.07. The molecule has 6 heteroatoms. The van der Waals surface area contributed by atoms with Crippen molar-refractivity contribution in [1.82, 2.24) is 4.90 Å². The lowest BCUT2D eigenvalue weighted by Crippen LogP contribution is -2.25. The van der Waals surface area contributed by atoms with Gasteiger partial charge in [-0.05, 0) is 51.2 Å². The number of hydrogen-bond donors (Lipinski definition) is 2. The van der Waals surface area contributed by atoms with Crippen LogP contribution < -0.4 is 11.1 Å². The minimum Gasteiger partial charge on any atom is -0.465 e. The summed E-state index contributed by atoms with van der Waals surface area (Å²) < 4.78 is 18.5. The van der Waals surface area contributed by atoms with Gasteiger partial charge in [-0.25, -0.2) is 4.39 Å². The molecular formula is C17H26FN3O2. The molecular weight excluding hydrogens is 297 g/mol. The zero-order chi connectivity index (χ0) is 17.2. The van der Waals surface area contributed by atoms with Crippen LogP contribution >= 0.6 is 0 Å². The summed E-state index contributed by atoms with van der Waals surface area (Å²) in [4.78, 5) is 13.6. The number of benzene rings is 1. The number of carbonyl (C=O) groups excluding carboxylic acids is 1. The molecule has 1 aliphatic rings. The Balaban J connectivity index is 0.00000127. The molecule has 0 fully saturated rings. The maximum atomic E-state index is 13.6. The van der Waals surface area contributed by atoms with Gasteiger partial charge in [0.05, 0.1) is 6.61 Å². The normalized spacial score (nSPS) is 14.4. The van der Waals surface area contributed by atoms with Crippen LogP contribution in [-0.4, -0.2) is 51.2 Å². The predicted octanol–water partition coefficient (Wildman–Crippen LogP) is 2.09. The SMILES string of the molecule is CCOC(=O)CNc1ccc(F)cc1C1=CCCN(C)C1.CN. The lowest BCUT2D eigenvalue weighted by Gasteiger charge is -2.24. The average Bonchev–Trinajstić information content (AvgIpc) is 2.56. The Morgan fingerprint density at radius 2 is 2.17 bits per heavy atom. The van der Waals surface area contributed by atoms with Crippen LogP contribution in [0.5, 0.6) is 0 Å². The topological polar surface area (TPSA) is 67.6 Å². The molecule has 0 bridgehead atoms. The molecule has 1 aliphatic heterocycles. The summed E-state index contributed by atoms with van der Waals surface area (Å²) in [5.41, 5.74) is 7.14. The van der Waals surface area contributed by atoms with Gasteiger partial charge in [0.25, 0.3) is 0 Å². The van der Waals surface area contributed by atoms with Crippen LogP contribution in [0.1, 0.15) is 18.9 Å². The first-order valence-electron chi connectivity index (χ1n) is 7.75.